The molecule has 1 unspecified atom stereocenters. The normalized spacial score (nSPS) is 12.5. The molecule has 1 atom stereocenters. The third-order valence-electron chi connectivity index (χ3n) is 3.57. The van der Waals surface area contributed by atoms with Gasteiger partial charge in [-0.05, 0) is 38.1 Å². The van der Waals surface area contributed by atoms with Crippen molar-refractivity contribution in [2.75, 3.05) is 6.61 Å². The molecule has 0 bridgehead atoms. The Morgan fingerprint density at radius 3 is 2.75 bits per heavy atom. The van der Waals surface area contributed by atoms with Gasteiger partial charge >= 0.3 is 0 Å². The summed E-state index contributed by atoms with van der Waals surface area (Å²) in [5, 5.41) is 19.3. The lowest BCUT2D eigenvalue weighted by Gasteiger charge is -2.13. The Bertz CT molecular complexity index is 917. The van der Waals surface area contributed by atoms with E-state index >= 15 is 0 Å². The molecule has 3 rings (SSSR count). The molecule has 0 aliphatic heterocycles. The third-order valence-corrected chi connectivity index (χ3v) is 3.82. The molecule has 1 aromatic carbocycles. The van der Waals surface area contributed by atoms with Crippen molar-refractivity contribution < 1.29 is 14.4 Å². The van der Waals surface area contributed by atoms with Crippen molar-refractivity contribution in [3.8, 4) is 5.75 Å². The van der Waals surface area contributed by atoms with E-state index in [1.807, 2.05) is 0 Å². The molecule has 24 heavy (non-hydrogen) atoms. The van der Waals surface area contributed by atoms with Crippen LogP contribution in [0.2, 0.25) is 5.02 Å². The maximum atomic E-state index is 12.4. The predicted octanol–water partition coefficient (Wildman–Crippen LogP) is 2.09. The monoisotopic (exact) mass is 349 g/mol. The van der Waals surface area contributed by atoms with Gasteiger partial charge in [-0.2, -0.15) is 5.10 Å². The predicted molar refractivity (Wildman–Crippen MR) is 88.5 cm³/mol. The number of hydrogen-bond acceptors (Lipinski definition) is 6. The zero-order chi connectivity index (χ0) is 17.3. The average Bonchev–Trinajstić information content (AvgIpc) is 2.94. The van der Waals surface area contributed by atoms with Gasteiger partial charge in [0.15, 0.2) is 5.52 Å². The van der Waals surface area contributed by atoms with Crippen LogP contribution in [0.5, 0.6) is 5.75 Å². The van der Waals surface area contributed by atoms with Gasteiger partial charge in [0.2, 0.25) is 0 Å². The summed E-state index contributed by atoms with van der Waals surface area (Å²) in [6, 6.07) is 6.79. The van der Waals surface area contributed by atoms with Gasteiger partial charge in [0.05, 0.1) is 17.6 Å². The molecule has 0 radical (unpaired) electrons. The minimum absolute atomic E-state index is 0.00485. The number of aromatic nitrogens is 3. The van der Waals surface area contributed by atoms with Crippen molar-refractivity contribution in [1.82, 2.24) is 14.9 Å². The van der Waals surface area contributed by atoms with E-state index in [9.17, 15) is 9.90 Å². The molecule has 0 fully saturated rings. The molecule has 0 saturated heterocycles. The van der Waals surface area contributed by atoms with Crippen molar-refractivity contribution in [3.05, 3.63) is 51.1 Å². The highest BCUT2D eigenvalue weighted by atomic mass is 35.5. The maximum absolute atomic E-state index is 12.4. The van der Waals surface area contributed by atoms with Gasteiger partial charge in [-0.3, -0.25) is 4.79 Å². The van der Waals surface area contributed by atoms with Gasteiger partial charge in [-0.25, -0.2) is 4.68 Å². The smallest absolute Gasteiger partial charge is 0.296 e. The van der Waals surface area contributed by atoms with Gasteiger partial charge in [0.1, 0.15) is 24.2 Å². The number of nitrogens with zero attached hydrogens (tertiary/aromatic N) is 3. The lowest BCUT2D eigenvalue weighted by molar-refractivity contribution is 0.0880. The molecule has 2 heterocycles. The molecule has 0 spiro atoms. The Morgan fingerprint density at radius 2 is 2.04 bits per heavy atom. The van der Waals surface area contributed by atoms with Crippen LogP contribution in [0.3, 0.4) is 0 Å². The fourth-order valence-electron chi connectivity index (χ4n) is 2.44. The van der Waals surface area contributed by atoms with E-state index in [2.05, 4.69) is 10.3 Å². The molecular weight excluding hydrogens is 334 g/mol. The van der Waals surface area contributed by atoms with Crippen LogP contribution >= 0.6 is 11.6 Å². The van der Waals surface area contributed by atoms with E-state index in [1.165, 1.54) is 4.68 Å². The van der Waals surface area contributed by atoms with Crippen LogP contribution in [0.15, 0.2) is 33.6 Å². The number of halogens is 1. The van der Waals surface area contributed by atoms with Crippen LogP contribution in [-0.2, 0) is 6.54 Å². The zero-order valence-corrected chi connectivity index (χ0v) is 13.9. The fraction of sp³-hybridized carbons (Fsp3) is 0.312. The Balaban J connectivity index is 1.73. The van der Waals surface area contributed by atoms with E-state index < -0.39 is 11.7 Å². The van der Waals surface area contributed by atoms with Crippen LogP contribution in [0.25, 0.3) is 10.9 Å². The number of aryl methyl sites for hydroxylation is 2. The van der Waals surface area contributed by atoms with E-state index in [-0.39, 0.29) is 18.7 Å². The van der Waals surface area contributed by atoms with Crippen molar-refractivity contribution in [3.63, 3.8) is 0 Å². The van der Waals surface area contributed by atoms with Gasteiger partial charge in [-0.1, -0.05) is 16.8 Å². The Morgan fingerprint density at radius 1 is 1.33 bits per heavy atom. The molecule has 2 aromatic heterocycles. The second-order valence-electron chi connectivity index (χ2n) is 5.45. The Hall–Kier alpha value is -2.38. The first kappa shape index (κ1) is 16.5. The molecule has 0 aliphatic rings. The summed E-state index contributed by atoms with van der Waals surface area (Å²) in [6.07, 6.45) is -0.907. The summed E-state index contributed by atoms with van der Waals surface area (Å²) < 4.78 is 11.7. The summed E-state index contributed by atoms with van der Waals surface area (Å²) in [5.74, 6) is 1.13. The van der Waals surface area contributed by atoms with Crippen LogP contribution in [-0.4, -0.2) is 32.8 Å². The van der Waals surface area contributed by atoms with Crippen molar-refractivity contribution in [2.24, 2.45) is 0 Å². The lowest BCUT2D eigenvalue weighted by Crippen LogP contribution is -2.32. The molecule has 3 aromatic rings. The minimum atomic E-state index is -0.907. The van der Waals surface area contributed by atoms with E-state index in [4.69, 9.17) is 20.9 Å². The highest BCUT2D eigenvalue weighted by molar-refractivity contribution is 6.30. The number of aliphatic hydroxyl groups is 1. The number of benzene rings is 1. The highest BCUT2D eigenvalue weighted by Crippen LogP contribution is 2.17. The summed E-state index contributed by atoms with van der Waals surface area (Å²) in [7, 11) is 0. The van der Waals surface area contributed by atoms with Gasteiger partial charge < -0.3 is 14.4 Å². The van der Waals surface area contributed by atoms with Gasteiger partial charge in [-0.15, -0.1) is 0 Å². The molecule has 0 amide bonds. The Kier molecular flexibility index (Phi) is 4.55. The van der Waals surface area contributed by atoms with Gasteiger partial charge in [0, 0.05) is 5.02 Å². The van der Waals surface area contributed by atoms with Crippen LogP contribution in [0.4, 0.5) is 0 Å². The highest BCUT2D eigenvalue weighted by Gasteiger charge is 2.17. The average molecular weight is 350 g/mol. The molecule has 126 valence electrons. The minimum Gasteiger partial charge on any atom is -0.491 e. The standard InChI is InChI=1S/C16H16ClN3O4/c1-9-14-10(2)24-19-15(14)16(22)20(18-9)7-12(21)8-23-13-5-3-11(17)4-6-13/h3-6,12,21H,7-8H2,1-2H3. The molecule has 7 nitrogen and oxygen atoms in total. The van der Waals surface area contributed by atoms with Crippen LogP contribution in [0.1, 0.15) is 11.5 Å². The number of ether oxygens (including phenoxy) is 1. The Labute approximate surface area is 142 Å². The maximum Gasteiger partial charge on any atom is 0.296 e. The zero-order valence-electron chi connectivity index (χ0n) is 13.2. The molecule has 8 heteroatoms. The second kappa shape index (κ2) is 6.62. The molecule has 1 N–H and O–H groups in total. The molecule has 0 saturated carbocycles. The summed E-state index contributed by atoms with van der Waals surface area (Å²) >= 11 is 5.80. The van der Waals surface area contributed by atoms with Crippen LogP contribution in [0, 0.1) is 13.8 Å². The van der Waals surface area contributed by atoms with Crippen LogP contribution < -0.4 is 10.3 Å². The van der Waals surface area contributed by atoms with Crippen molar-refractivity contribution >= 4 is 22.5 Å². The lowest BCUT2D eigenvalue weighted by atomic mass is 10.2. The fourth-order valence-corrected chi connectivity index (χ4v) is 2.57. The number of rotatable bonds is 5. The topological polar surface area (TPSA) is 90.4 Å². The summed E-state index contributed by atoms with van der Waals surface area (Å²) in [4.78, 5) is 12.4. The second-order valence-corrected chi connectivity index (χ2v) is 5.89. The quantitative estimate of drug-likeness (QED) is 0.758. The summed E-state index contributed by atoms with van der Waals surface area (Å²) in [6.45, 7) is 3.50. The first-order chi connectivity index (χ1) is 11.5. The van der Waals surface area contributed by atoms with Crippen molar-refractivity contribution in [2.45, 2.75) is 26.5 Å². The van der Waals surface area contributed by atoms with E-state index in [0.717, 1.165) is 0 Å². The van der Waals surface area contributed by atoms with Gasteiger partial charge in [0.25, 0.3) is 5.56 Å². The van der Waals surface area contributed by atoms with Crippen molar-refractivity contribution in [1.29, 1.82) is 0 Å². The van der Waals surface area contributed by atoms with E-state index in [0.29, 0.717) is 27.6 Å². The van der Waals surface area contributed by atoms with E-state index in [1.54, 1.807) is 38.1 Å². The summed E-state index contributed by atoms with van der Waals surface area (Å²) in [5.41, 5.74) is 0.429. The number of aliphatic hydroxyl groups excluding tert-OH is 1. The largest absolute Gasteiger partial charge is 0.491 e. The first-order valence-corrected chi connectivity index (χ1v) is 7.73. The molecule has 0 aliphatic carbocycles. The SMILES string of the molecule is Cc1nn(CC(O)COc2ccc(Cl)cc2)c(=O)c2noc(C)c12. The number of fused-ring (bicyclic) bond motifs is 1. The third kappa shape index (κ3) is 3.27. The first-order valence-electron chi connectivity index (χ1n) is 7.36. The molecular formula is C16H16ClN3O4. The number of hydrogen-bond donors (Lipinski definition) is 1.